The molecule has 7 nitrogen and oxygen atoms in total. The first-order valence-electron chi connectivity index (χ1n) is 7.90. The lowest BCUT2D eigenvalue weighted by molar-refractivity contribution is 0.340. The monoisotopic (exact) mass is 326 g/mol. The van der Waals surface area contributed by atoms with Gasteiger partial charge in [-0.05, 0) is 44.5 Å². The van der Waals surface area contributed by atoms with Gasteiger partial charge in [0.15, 0.2) is 0 Å². The molecule has 1 aromatic heterocycles. The van der Waals surface area contributed by atoms with E-state index in [1.165, 1.54) is 0 Å². The van der Waals surface area contributed by atoms with E-state index in [0.717, 1.165) is 30.1 Å². The van der Waals surface area contributed by atoms with Gasteiger partial charge in [-0.3, -0.25) is 0 Å². The molecule has 126 valence electrons. The molecular formula is C17H22N6O. The van der Waals surface area contributed by atoms with Crippen LogP contribution in [0.3, 0.4) is 0 Å². The molecule has 2 aromatic rings. The smallest absolute Gasteiger partial charge is 0.211 e. The Bertz CT molecular complexity index is 699. The Labute approximate surface area is 142 Å². The summed E-state index contributed by atoms with van der Waals surface area (Å²) in [6, 6.07) is 7.51. The molecule has 0 amide bonds. The van der Waals surface area contributed by atoms with Gasteiger partial charge in [0.25, 0.3) is 0 Å². The number of benzene rings is 1. The summed E-state index contributed by atoms with van der Waals surface area (Å²) in [6.07, 6.45) is 6.52. The summed E-state index contributed by atoms with van der Waals surface area (Å²) < 4.78 is 7.44. The zero-order valence-electron chi connectivity index (χ0n) is 14.0. The van der Waals surface area contributed by atoms with E-state index < -0.39 is 0 Å². The number of rotatable bonds is 7. The van der Waals surface area contributed by atoms with Gasteiger partial charge in [-0.25, -0.2) is 4.98 Å². The minimum atomic E-state index is 0.434. The maximum atomic E-state index is 8.82. The zero-order chi connectivity index (χ0) is 17.2. The number of aliphatic imine (C=N–C) groups is 1. The number of hydrogen-bond donors (Lipinski definition) is 2. The fraction of sp³-hybridized carbons (Fsp3) is 0.353. The molecule has 0 spiro atoms. The fourth-order valence-corrected chi connectivity index (χ4v) is 2.16. The number of nitriles is 1. The maximum Gasteiger partial charge on any atom is 0.211 e. The number of aryl methyl sites for hydroxylation is 2. The van der Waals surface area contributed by atoms with Crippen LogP contribution in [0.15, 0.2) is 41.8 Å². The van der Waals surface area contributed by atoms with Gasteiger partial charge in [-0.15, -0.1) is 4.99 Å². The number of ether oxygens (including phenoxy) is 1. The van der Waals surface area contributed by atoms with E-state index in [9.17, 15) is 0 Å². The molecule has 24 heavy (non-hydrogen) atoms. The summed E-state index contributed by atoms with van der Waals surface area (Å²) in [6.45, 7) is 6.09. The molecule has 7 heteroatoms. The highest BCUT2D eigenvalue weighted by atomic mass is 16.5. The first-order valence-corrected chi connectivity index (χ1v) is 7.90. The van der Waals surface area contributed by atoms with E-state index in [1.807, 2.05) is 55.2 Å². The molecule has 2 rings (SSSR count). The Morgan fingerprint density at radius 3 is 2.79 bits per heavy atom. The molecular weight excluding hydrogens is 304 g/mol. The molecule has 0 bridgehead atoms. The van der Waals surface area contributed by atoms with Crippen LogP contribution >= 0.6 is 0 Å². The van der Waals surface area contributed by atoms with Crippen LogP contribution < -0.4 is 15.4 Å². The quantitative estimate of drug-likeness (QED) is 0.353. The lowest BCUT2D eigenvalue weighted by Gasteiger charge is -2.11. The SMILES string of the molecule is CCOc1ccc(N/C(=N\C#N)NCCCn2cnc(C)c2)cc1. The van der Waals surface area contributed by atoms with Crippen LogP contribution in [0.2, 0.25) is 0 Å². The molecule has 0 aliphatic heterocycles. The minimum absolute atomic E-state index is 0.434. The molecule has 0 aliphatic rings. The van der Waals surface area contributed by atoms with Crippen molar-refractivity contribution in [3.05, 3.63) is 42.5 Å². The molecule has 0 fully saturated rings. The Morgan fingerprint density at radius 1 is 1.38 bits per heavy atom. The Balaban J connectivity index is 1.81. The largest absolute Gasteiger partial charge is 0.494 e. The summed E-state index contributed by atoms with van der Waals surface area (Å²) in [5.41, 5.74) is 1.84. The molecule has 0 saturated heterocycles. The maximum absolute atomic E-state index is 8.82. The number of guanidine groups is 1. The fourth-order valence-electron chi connectivity index (χ4n) is 2.16. The van der Waals surface area contributed by atoms with Crippen LogP contribution in [0.4, 0.5) is 5.69 Å². The minimum Gasteiger partial charge on any atom is -0.494 e. The summed E-state index contributed by atoms with van der Waals surface area (Å²) in [4.78, 5) is 7.97. The third kappa shape index (κ3) is 5.65. The topological polar surface area (TPSA) is 87.3 Å². The number of hydrogen-bond acceptors (Lipinski definition) is 4. The molecule has 0 unspecified atom stereocenters. The van der Waals surface area contributed by atoms with Crippen molar-refractivity contribution in [1.29, 1.82) is 5.26 Å². The lowest BCUT2D eigenvalue weighted by Crippen LogP contribution is -2.31. The highest BCUT2D eigenvalue weighted by Crippen LogP contribution is 2.15. The van der Waals surface area contributed by atoms with Gasteiger partial charge in [-0.1, -0.05) is 0 Å². The van der Waals surface area contributed by atoms with Crippen LogP contribution in [-0.4, -0.2) is 28.7 Å². The van der Waals surface area contributed by atoms with Gasteiger partial charge in [0.2, 0.25) is 12.2 Å². The Kier molecular flexibility index (Phi) is 6.65. The van der Waals surface area contributed by atoms with Crippen LogP contribution in [0.25, 0.3) is 0 Å². The molecule has 0 atom stereocenters. The number of nitrogens with zero attached hydrogens (tertiary/aromatic N) is 4. The molecule has 0 aliphatic carbocycles. The second-order valence-corrected chi connectivity index (χ2v) is 5.18. The normalized spacial score (nSPS) is 11.0. The zero-order valence-corrected chi connectivity index (χ0v) is 14.0. The number of nitrogens with one attached hydrogen (secondary N) is 2. The van der Waals surface area contributed by atoms with E-state index in [0.29, 0.717) is 19.1 Å². The average Bonchev–Trinajstić information content (AvgIpc) is 2.99. The van der Waals surface area contributed by atoms with Crippen molar-refractivity contribution in [3.8, 4) is 11.9 Å². The van der Waals surface area contributed by atoms with Gasteiger partial charge < -0.3 is 19.9 Å². The van der Waals surface area contributed by atoms with Crippen LogP contribution in [0.5, 0.6) is 5.75 Å². The van der Waals surface area contributed by atoms with Gasteiger partial charge in [0, 0.05) is 25.0 Å². The molecule has 1 aromatic carbocycles. The second-order valence-electron chi connectivity index (χ2n) is 5.18. The molecule has 0 saturated carbocycles. The Morgan fingerprint density at radius 2 is 2.17 bits per heavy atom. The summed E-state index contributed by atoms with van der Waals surface area (Å²) in [5, 5.41) is 15.0. The molecule has 0 radical (unpaired) electrons. The van der Waals surface area contributed by atoms with Crippen molar-refractivity contribution in [2.75, 3.05) is 18.5 Å². The summed E-state index contributed by atoms with van der Waals surface area (Å²) in [7, 11) is 0. The van der Waals surface area contributed by atoms with E-state index >= 15 is 0 Å². The van der Waals surface area contributed by atoms with Gasteiger partial charge >= 0.3 is 0 Å². The van der Waals surface area contributed by atoms with Gasteiger partial charge in [-0.2, -0.15) is 5.26 Å². The summed E-state index contributed by atoms with van der Waals surface area (Å²) >= 11 is 0. The van der Waals surface area contributed by atoms with Crippen molar-refractivity contribution in [2.24, 2.45) is 4.99 Å². The van der Waals surface area contributed by atoms with Crippen LogP contribution in [0, 0.1) is 18.4 Å². The van der Waals surface area contributed by atoms with Crippen LogP contribution in [-0.2, 0) is 6.54 Å². The predicted octanol–water partition coefficient (Wildman–Crippen LogP) is 2.52. The predicted molar refractivity (Wildman–Crippen MR) is 93.9 cm³/mol. The first-order chi connectivity index (χ1) is 11.7. The highest BCUT2D eigenvalue weighted by molar-refractivity contribution is 5.94. The standard InChI is InChI=1S/C17H22N6O/c1-3-24-16-7-5-15(6-8-16)22-17(20-12-18)19-9-4-10-23-11-14(2)21-13-23/h5-8,11,13H,3-4,9-10H2,1-2H3,(H2,19,20,22). The van der Waals surface area contributed by atoms with Crippen molar-refractivity contribution >= 4 is 11.6 Å². The first kappa shape index (κ1) is 17.3. The van der Waals surface area contributed by atoms with Crippen molar-refractivity contribution in [3.63, 3.8) is 0 Å². The Hall–Kier alpha value is -3.01. The molecule has 2 N–H and O–H groups in total. The van der Waals surface area contributed by atoms with Gasteiger partial charge in [0.1, 0.15) is 5.75 Å². The number of anilines is 1. The third-order valence-corrected chi connectivity index (χ3v) is 3.24. The summed E-state index contributed by atoms with van der Waals surface area (Å²) in [5.74, 6) is 1.24. The third-order valence-electron chi connectivity index (χ3n) is 3.24. The van der Waals surface area contributed by atoms with Crippen molar-refractivity contribution in [2.45, 2.75) is 26.8 Å². The van der Waals surface area contributed by atoms with Gasteiger partial charge in [0.05, 0.1) is 18.6 Å². The van der Waals surface area contributed by atoms with E-state index in [-0.39, 0.29) is 0 Å². The number of aromatic nitrogens is 2. The van der Waals surface area contributed by atoms with Crippen molar-refractivity contribution < 1.29 is 4.74 Å². The van der Waals surface area contributed by atoms with Crippen LogP contribution in [0.1, 0.15) is 19.0 Å². The lowest BCUT2D eigenvalue weighted by atomic mass is 10.3. The number of imidazole rings is 1. The molecule has 1 heterocycles. The van der Waals surface area contributed by atoms with Crippen molar-refractivity contribution in [1.82, 2.24) is 14.9 Å². The average molecular weight is 326 g/mol. The van der Waals surface area contributed by atoms with E-state index in [1.54, 1.807) is 6.19 Å². The van der Waals surface area contributed by atoms with E-state index in [2.05, 4.69) is 20.6 Å². The van der Waals surface area contributed by atoms with E-state index in [4.69, 9.17) is 10.00 Å². The second kappa shape index (κ2) is 9.20. The highest BCUT2D eigenvalue weighted by Gasteiger charge is 2.01.